The van der Waals surface area contributed by atoms with Gasteiger partial charge in [0.15, 0.2) is 0 Å². The Hall–Kier alpha value is -0.830. The first-order valence-electron chi connectivity index (χ1n) is 3.02. The molecule has 3 nitrogen and oxygen atoms in total. The molecule has 0 aliphatic carbocycles. The summed E-state index contributed by atoms with van der Waals surface area (Å²) < 4.78 is 0. The van der Waals surface area contributed by atoms with E-state index in [-0.39, 0.29) is 5.91 Å². The van der Waals surface area contributed by atoms with Crippen LogP contribution >= 0.6 is 0 Å². The molecule has 0 aromatic heterocycles. The molecule has 0 atom stereocenters. The largest absolute Gasteiger partial charge is 0.352 e. The van der Waals surface area contributed by atoms with Crippen LogP contribution in [-0.4, -0.2) is 19.0 Å². The maximum atomic E-state index is 10.8. The van der Waals surface area contributed by atoms with Crippen LogP contribution in [0.1, 0.15) is 6.42 Å². The van der Waals surface area contributed by atoms with Gasteiger partial charge in [-0.2, -0.15) is 0 Å². The minimum Gasteiger partial charge on any atom is -0.352 e. The molecule has 3 N–H and O–H groups in total. The van der Waals surface area contributed by atoms with Crippen molar-refractivity contribution in [2.45, 2.75) is 6.42 Å². The van der Waals surface area contributed by atoms with Crippen molar-refractivity contribution in [1.29, 1.82) is 0 Å². The van der Waals surface area contributed by atoms with Crippen molar-refractivity contribution >= 4 is 5.91 Å². The van der Waals surface area contributed by atoms with Gasteiger partial charge in [0.25, 0.3) is 0 Å². The van der Waals surface area contributed by atoms with Crippen molar-refractivity contribution in [2.24, 2.45) is 5.73 Å². The minimum absolute atomic E-state index is 0.0104. The van der Waals surface area contributed by atoms with Gasteiger partial charge in [-0.1, -0.05) is 6.08 Å². The van der Waals surface area contributed by atoms with E-state index in [4.69, 9.17) is 5.73 Å². The predicted octanol–water partition coefficient (Wildman–Crippen LogP) is -0.609. The van der Waals surface area contributed by atoms with Gasteiger partial charge in [-0.25, -0.2) is 0 Å². The molecule has 0 unspecified atom stereocenters. The second kappa shape index (κ2) is 2.64. The Labute approximate surface area is 53.9 Å². The topological polar surface area (TPSA) is 55.1 Å². The Morgan fingerprint density at radius 2 is 2.56 bits per heavy atom. The van der Waals surface area contributed by atoms with Crippen LogP contribution in [0.3, 0.4) is 0 Å². The van der Waals surface area contributed by atoms with Gasteiger partial charge >= 0.3 is 0 Å². The van der Waals surface area contributed by atoms with Gasteiger partial charge in [0, 0.05) is 18.7 Å². The molecule has 1 rings (SSSR count). The molecule has 3 heteroatoms. The van der Waals surface area contributed by atoms with Gasteiger partial charge in [-0.05, 0) is 6.42 Å². The number of rotatable bonds is 1. The van der Waals surface area contributed by atoms with Crippen LogP contribution in [0.15, 0.2) is 11.6 Å². The molecule has 0 aromatic carbocycles. The fraction of sp³-hybridized carbons (Fsp3) is 0.500. The molecule has 0 bridgehead atoms. The third-order valence-corrected chi connectivity index (χ3v) is 1.33. The number of nitrogens with two attached hydrogens (primary N) is 1. The highest BCUT2D eigenvalue weighted by atomic mass is 16.1. The highest BCUT2D eigenvalue weighted by Gasteiger charge is 2.09. The van der Waals surface area contributed by atoms with E-state index in [1.54, 1.807) is 0 Å². The highest BCUT2D eigenvalue weighted by molar-refractivity contribution is 5.94. The first-order chi connectivity index (χ1) is 4.34. The van der Waals surface area contributed by atoms with Gasteiger partial charge in [-0.3, -0.25) is 4.79 Å². The molecular formula is C6H10N2O. The van der Waals surface area contributed by atoms with E-state index < -0.39 is 0 Å². The molecule has 1 aliphatic heterocycles. The zero-order valence-corrected chi connectivity index (χ0v) is 5.18. The summed E-state index contributed by atoms with van der Waals surface area (Å²) in [5.41, 5.74) is 5.97. The molecule has 9 heavy (non-hydrogen) atoms. The average Bonchev–Trinajstić information content (AvgIpc) is 1.89. The molecule has 0 saturated carbocycles. The van der Waals surface area contributed by atoms with Crippen molar-refractivity contribution in [3.63, 3.8) is 0 Å². The molecule has 1 amide bonds. The standard InChI is InChI=1S/C6H10N2O/c7-4-5-2-1-3-8-6(5)9/h2H,1,3-4,7H2,(H,8,9). The molecule has 0 saturated heterocycles. The predicted molar refractivity (Wildman–Crippen MR) is 34.8 cm³/mol. The summed E-state index contributed by atoms with van der Waals surface area (Å²) in [7, 11) is 0. The van der Waals surface area contributed by atoms with Crippen LogP contribution in [-0.2, 0) is 4.79 Å². The van der Waals surface area contributed by atoms with Gasteiger partial charge in [-0.15, -0.1) is 0 Å². The van der Waals surface area contributed by atoms with E-state index in [1.807, 2.05) is 6.08 Å². The summed E-state index contributed by atoms with van der Waals surface area (Å²) in [6.07, 6.45) is 2.80. The maximum Gasteiger partial charge on any atom is 0.248 e. The lowest BCUT2D eigenvalue weighted by Crippen LogP contribution is -2.32. The van der Waals surface area contributed by atoms with Crippen LogP contribution in [0, 0.1) is 0 Å². The van der Waals surface area contributed by atoms with Crippen molar-refractivity contribution in [3.05, 3.63) is 11.6 Å². The van der Waals surface area contributed by atoms with Gasteiger partial charge in [0.1, 0.15) is 0 Å². The minimum atomic E-state index is -0.0104. The van der Waals surface area contributed by atoms with E-state index >= 15 is 0 Å². The van der Waals surface area contributed by atoms with Crippen LogP contribution in [0.25, 0.3) is 0 Å². The Kier molecular flexibility index (Phi) is 1.85. The van der Waals surface area contributed by atoms with Gasteiger partial charge in [0.05, 0.1) is 0 Å². The lowest BCUT2D eigenvalue weighted by atomic mass is 10.1. The molecule has 1 heterocycles. The van der Waals surface area contributed by atoms with E-state index in [2.05, 4.69) is 5.32 Å². The number of hydrogen-bond donors (Lipinski definition) is 2. The molecular weight excluding hydrogens is 116 g/mol. The number of amides is 1. The van der Waals surface area contributed by atoms with Crippen molar-refractivity contribution in [2.75, 3.05) is 13.1 Å². The lowest BCUT2D eigenvalue weighted by Gasteiger charge is -2.10. The number of hydrogen-bond acceptors (Lipinski definition) is 2. The maximum absolute atomic E-state index is 10.8. The summed E-state index contributed by atoms with van der Waals surface area (Å²) in [4.78, 5) is 10.8. The van der Waals surface area contributed by atoms with Crippen molar-refractivity contribution in [3.8, 4) is 0 Å². The average molecular weight is 126 g/mol. The molecule has 1 aliphatic rings. The number of nitrogens with one attached hydrogen (secondary N) is 1. The summed E-state index contributed by atoms with van der Waals surface area (Å²) in [6.45, 7) is 1.11. The molecule has 0 radical (unpaired) electrons. The highest BCUT2D eigenvalue weighted by Crippen LogP contribution is 1.99. The molecule has 0 spiro atoms. The normalized spacial score (nSPS) is 18.8. The van der Waals surface area contributed by atoms with Crippen molar-refractivity contribution in [1.82, 2.24) is 5.32 Å². The van der Waals surface area contributed by atoms with Gasteiger partial charge in [0.2, 0.25) is 5.91 Å². The Bertz CT molecular complexity index is 151. The number of carbonyl (C=O) groups excluding carboxylic acids is 1. The van der Waals surface area contributed by atoms with Gasteiger partial charge < -0.3 is 11.1 Å². The summed E-state index contributed by atoms with van der Waals surface area (Å²) in [5, 5.41) is 2.70. The lowest BCUT2D eigenvalue weighted by molar-refractivity contribution is -0.117. The monoisotopic (exact) mass is 126 g/mol. The zero-order chi connectivity index (χ0) is 6.69. The Balaban J connectivity index is 2.64. The van der Waals surface area contributed by atoms with E-state index in [0.29, 0.717) is 12.1 Å². The quantitative estimate of drug-likeness (QED) is 0.492. The smallest absolute Gasteiger partial charge is 0.248 e. The second-order valence-corrected chi connectivity index (χ2v) is 1.98. The summed E-state index contributed by atoms with van der Waals surface area (Å²) in [6, 6.07) is 0. The van der Waals surface area contributed by atoms with E-state index in [9.17, 15) is 4.79 Å². The zero-order valence-electron chi connectivity index (χ0n) is 5.18. The first kappa shape index (κ1) is 6.29. The second-order valence-electron chi connectivity index (χ2n) is 1.98. The molecule has 50 valence electrons. The van der Waals surface area contributed by atoms with Crippen LogP contribution in [0.4, 0.5) is 0 Å². The SMILES string of the molecule is NCC1=CCCNC1=O. The van der Waals surface area contributed by atoms with Crippen LogP contribution < -0.4 is 11.1 Å². The number of carbonyl (C=O) groups is 1. The Morgan fingerprint density at radius 3 is 3.00 bits per heavy atom. The molecule has 0 aromatic rings. The summed E-state index contributed by atoms with van der Waals surface area (Å²) >= 11 is 0. The van der Waals surface area contributed by atoms with Crippen molar-refractivity contribution < 1.29 is 4.79 Å². The Morgan fingerprint density at radius 1 is 1.78 bits per heavy atom. The van der Waals surface area contributed by atoms with Crippen LogP contribution in [0.5, 0.6) is 0 Å². The third kappa shape index (κ3) is 1.29. The summed E-state index contributed by atoms with van der Waals surface area (Å²) in [5.74, 6) is -0.0104. The van der Waals surface area contributed by atoms with E-state index in [0.717, 1.165) is 13.0 Å². The van der Waals surface area contributed by atoms with Crippen LogP contribution in [0.2, 0.25) is 0 Å². The fourth-order valence-corrected chi connectivity index (χ4v) is 0.814. The van der Waals surface area contributed by atoms with E-state index in [1.165, 1.54) is 0 Å². The first-order valence-corrected chi connectivity index (χ1v) is 3.02. The molecule has 0 fully saturated rings. The fourth-order valence-electron chi connectivity index (χ4n) is 0.814. The third-order valence-electron chi connectivity index (χ3n) is 1.33.